The average Bonchev–Trinajstić information content (AvgIpc) is 3.38. The molecule has 10 heteroatoms. The van der Waals surface area contributed by atoms with Gasteiger partial charge in [0.15, 0.2) is 16.1 Å². The SMILES string of the molecule is Cc1cnc(NC(=O)CSc2nnc(CNc3ccc(F)cc3)n2-c2ccccc2)s1. The molecule has 4 rings (SSSR count). The molecule has 0 aliphatic heterocycles. The van der Waals surface area contributed by atoms with E-state index in [0.717, 1.165) is 16.3 Å². The van der Waals surface area contributed by atoms with Crippen LogP contribution in [-0.2, 0) is 11.3 Å². The summed E-state index contributed by atoms with van der Waals surface area (Å²) in [4.78, 5) is 17.5. The molecule has 0 bridgehead atoms. The van der Waals surface area contributed by atoms with E-state index in [9.17, 15) is 9.18 Å². The Bertz CT molecular complexity index is 1160. The fraction of sp³-hybridized carbons (Fsp3) is 0.143. The third-order valence-electron chi connectivity index (χ3n) is 4.21. The zero-order chi connectivity index (χ0) is 21.6. The van der Waals surface area contributed by atoms with Gasteiger partial charge in [0.1, 0.15) is 5.82 Å². The van der Waals surface area contributed by atoms with Gasteiger partial charge in [-0.05, 0) is 43.3 Å². The molecule has 0 aliphatic carbocycles. The predicted molar refractivity (Wildman–Crippen MR) is 121 cm³/mol. The number of aryl methyl sites for hydroxylation is 1. The topological polar surface area (TPSA) is 84.7 Å². The first-order valence-electron chi connectivity index (χ1n) is 9.43. The summed E-state index contributed by atoms with van der Waals surface area (Å²) in [6.07, 6.45) is 1.72. The summed E-state index contributed by atoms with van der Waals surface area (Å²) in [5.41, 5.74) is 1.66. The van der Waals surface area contributed by atoms with Crippen LogP contribution in [0.4, 0.5) is 15.2 Å². The van der Waals surface area contributed by atoms with Gasteiger partial charge in [-0.2, -0.15) is 0 Å². The average molecular weight is 455 g/mol. The molecule has 31 heavy (non-hydrogen) atoms. The van der Waals surface area contributed by atoms with Crippen LogP contribution in [0, 0.1) is 12.7 Å². The largest absolute Gasteiger partial charge is 0.378 e. The Labute approximate surface area is 186 Å². The van der Waals surface area contributed by atoms with Gasteiger partial charge in [-0.3, -0.25) is 9.36 Å². The van der Waals surface area contributed by atoms with Crippen LogP contribution in [0.25, 0.3) is 5.69 Å². The molecule has 0 saturated carbocycles. The van der Waals surface area contributed by atoms with Crippen LogP contribution in [0.1, 0.15) is 10.7 Å². The van der Waals surface area contributed by atoms with Crippen molar-refractivity contribution in [1.82, 2.24) is 19.7 Å². The number of thioether (sulfide) groups is 1. The van der Waals surface area contributed by atoms with Crippen molar-refractivity contribution in [3.05, 3.63) is 77.3 Å². The quantitative estimate of drug-likeness (QED) is 0.381. The summed E-state index contributed by atoms with van der Waals surface area (Å²) in [5, 5.41) is 15.8. The third kappa shape index (κ3) is 5.47. The number of nitrogens with one attached hydrogen (secondary N) is 2. The standard InChI is InChI=1S/C21H19FN6OS2/c1-14-11-24-20(31-14)25-19(29)13-30-21-27-26-18(28(21)17-5-3-2-4-6-17)12-23-16-9-7-15(22)8-10-16/h2-11,23H,12-13H2,1H3,(H,24,25,29). The summed E-state index contributed by atoms with van der Waals surface area (Å²) in [6, 6.07) is 15.8. The number of carbonyl (C=O) groups excluding carboxylic acids is 1. The van der Waals surface area contributed by atoms with Gasteiger partial charge in [-0.15, -0.1) is 21.5 Å². The Morgan fingerprint density at radius 1 is 1.13 bits per heavy atom. The summed E-state index contributed by atoms with van der Waals surface area (Å²) in [7, 11) is 0. The number of aromatic nitrogens is 4. The highest BCUT2D eigenvalue weighted by molar-refractivity contribution is 7.99. The van der Waals surface area contributed by atoms with Crippen LogP contribution in [0.3, 0.4) is 0 Å². The molecule has 2 aromatic carbocycles. The van der Waals surface area contributed by atoms with Crippen LogP contribution in [0.15, 0.2) is 66.0 Å². The molecule has 0 saturated heterocycles. The second-order valence-electron chi connectivity index (χ2n) is 6.54. The molecule has 7 nitrogen and oxygen atoms in total. The van der Waals surface area contributed by atoms with Gasteiger partial charge in [0.2, 0.25) is 5.91 Å². The van der Waals surface area contributed by atoms with Crippen molar-refractivity contribution in [2.75, 3.05) is 16.4 Å². The van der Waals surface area contributed by atoms with E-state index >= 15 is 0 Å². The summed E-state index contributed by atoms with van der Waals surface area (Å²) in [6.45, 7) is 2.32. The maximum Gasteiger partial charge on any atom is 0.236 e. The smallest absolute Gasteiger partial charge is 0.236 e. The Morgan fingerprint density at radius 3 is 2.61 bits per heavy atom. The number of nitrogens with zero attached hydrogens (tertiary/aromatic N) is 4. The van der Waals surface area contributed by atoms with Gasteiger partial charge in [0, 0.05) is 22.4 Å². The normalized spacial score (nSPS) is 10.8. The van der Waals surface area contributed by atoms with E-state index in [4.69, 9.17) is 0 Å². The van der Waals surface area contributed by atoms with E-state index in [1.165, 1.54) is 35.2 Å². The lowest BCUT2D eigenvalue weighted by molar-refractivity contribution is -0.113. The first-order valence-corrected chi connectivity index (χ1v) is 11.2. The minimum Gasteiger partial charge on any atom is -0.378 e. The van der Waals surface area contributed by atoms with E-state index in [2.05, 4.69) is 25.8 Å². The number of hydrogen-bond acceptors (Lipinski definition) is 7. The Kier molecular flexibility index (Phi) is 6.58. The van der Waals surface area contributed by atoms with Gasteiger partial charge in [-0.25, -0.2) is 9.37 Å². The van der Waals surface area contributed by atoms with Crippen molar-refractivity contribution in [2.24, 2.45) is 0 Å². The van der Waals surface area contributed by atoms with Gasteiger partial charge in [0.05, 0.1) is 12.3 Å². The lowest BCUT2D eigenvalue weighted by Crippen LogP contribution is -2.14. The molecule has 0 unspecified atom stereocenters. The fourth-order valence-corrected chi connectivity index (χ4v) is 4.24. The number of anilines is 2. The minimum atomic E-state index is -0.289. The number of para-hydroxylation sites is 1. The minimum absolute atomic E-state index is 0.159. The number of halogens is 1. The number of amides is 1. The van der Waals surface area contributed by atoms with Crippen LogP contribution in [-0.4, -0.2) is 31.4 Å². The van der Waals surface area contributed by atoms with Crippen molar-refractivity contribution >= 4 is 39.8 Å². The Morgan fingerprint density at radius 2 is 1.90 bits per heavy atom. The molecular formula is C21H19FN6OS2. The summed E-state index contributed by atoms with van der Waals surface area (Å²) < 4.78 is 15.0. The number of carbonyl (C=O) groups is 1. The highest BCUT2D eigenvalue weighted by Gasteiger charge is 2.16. The van der Waals surface area contributed by atoms with Crippen LogP contribution in [0.2, 0.25) is 0 Å². The van der Waals surface area contributed by atoms with E-state index in [1.807, 2.05) is 41.8 Å². The lowest BCUT2D eigenvalue weighted by atomic mass is 10.3. The highest BCUT2D eigenvalue weighted by atomic mass is 32.2. The molecule has 4 aromatic rings. The first-order chi connectivity index (χ1) is 15.1. The molecule has 0 atom stereocenters. The van der Waals surface area contributed by atoms with E-state index < -0.39 is 0 Å². The highest BCUT2D eigenvalue weighted by Crippen LogP contribution is 2.23. The van der Waals surface area contributed by atoms with Crippen LogP contribution >= 0.6 is 23.1 Å². The molecule has 2 aromatic heterocycles. The maximum atomic E-state index is 13.1. The van der Waals surface area contributed by atoms with Crippen molar-refractivity contribution in [2.45, 2.75) is 18.6 Å². The number of rotatable bonds is 8. The maximum absolute atomic E-state index is 13.1. The predicted octanol–water partition coefficient (Wildman–Crippen LogP) is 4.51. The molecular weight excluding hydrogens is 435 g/mol. The Balaban J connectivity index is 1.49. The Hall–Kier alpha value is -3.24. The fourth-order valence-electron chi connectivity index (χ4n) is 2.79. The second kappa shape index (κ2) is 9.71. The molecule has 0 radical (unpaired) electrons. The van der Waals surface area contributed by atoms with Crippen molar-refractivity contribution in [3.63, 3.8) is 0 Å². The number of hydrogen-bond donors (Lipinski definition) is 2. The molecule has 0 aliphatic rings. The zero-order valence-electron chi connectivity index (χ0n) is 16.6. The van der Waals surface area contributed by atoms with E-state index in [0.29, 0.717) is 22.7 Å². The van der Waals surface area contributed by atoms with Crippen molar-refractivity contribution in [3.8, 4) is 5.69 Å². The second-order valence-corrected chi connectivity index (χ2v) is 8.72. The summed E-state index contributed by atoms with van der Waals surface area (Å²) >= 11 is 2.73. The van der Waals surface area contributed by atoms with Gasteiger partial charge in [-0.1, -0.05) is 30.0 Å². The van der Waals surface area contributed by atoms with Crippen LogP contribution < -0.4 is 10.6 Å². The lowest BCUT2D eigenvalue weighted by Gasteiger charge is -2.11. The van der Waals surface area contributed by atoms with Gasteiger partial charge in [0.25, 0.3) is 0 Å². The number of thiazole rings is 1. The summed E-state index contributed by atoms with van der Waals surface area (Å²) in [5.74, 6) is 0.402. The first kappa shape index (κ1) is 21.0. The van der Waals surface area contributed by atoms with Crippen molar-refractivity contribution < 1.29 is 9.18 Å². The molecule has 158 valence electrons. The molecule has 1 amide bonds. The molecule has 0 spiro atoms. The number of benzene rings is 2. The third-order valence-corrected chi connectivity index (χ3v) is 5.97. The van der Waals surface area contributed by atoms with E-state index in [-0.39, 0.29) is 17.5 Å². The van der Waals surface area contributed by atoms with Gasteiger partial charge < -0.3 is 10.6 Å². The molecule has 2 N–H and O–H groups in total. The van der Waals surface area contributed by atoms with E-state index in [1.54, 1.807) is 18.3 Å². The monoisotopic (exact) mass is 454 g/mol. The molecule has 2 heterocycles. The van der Waals surface area contributed by atoms with Crippen LogP contribution in [0.5, 0.6) is 0 Å². The van der Waals surface area contributed by atoms with Gasteiger partial charge >= 0.3 is 0 Å². The van der Waals surface area contributed by atoms with Crippen molar-refractivity contribution in [1.29, 1.82) is 0 Å². The zero-order valence-corrected chi connectivity index (χ0v) is 18.2. The molecule has 0 fully saturated rings.